The number of aryl methyl sites for hydroxylation is 1. The maximum Gasteiger partial charge on any atom is 0.330 e. The fraction of sp³-hybridized carbons (Fsp3) is 0.235. The molecule has 2 rings (SSSR count). The Hall–Kier alpha value is -2.89. The summed E-state index contributed by atoms with van der Waals surface area (Å²) in [7, 11) is 0. The Morgan fingerprint density at radius 3 is 2.43 bits per heavy atom. The smallest absolute Gasteiger partial charge is 0.330 e. The molecule has 0 radical (unpaired) electrons. The molecule has 1 amide bonds. The number of nitrogens with one attached hydrogen (secondary N) is 1. The molecule has 0 aliphatic heterocycles. The van der Waals surface area contributed by atoms with Crippen molar-refractivity contribution in [2.45, 2.75) is 25.4 Å². The van der Waals surface area contributed by atoms with Gasteiger partial charge in [-0.15, -0.1) is 0 Å². The van der Waals surface area contributed by atoms with Crippen LogP contribution in [0.2, 0.25) is 0 Å². The Bertz CT molecular complexity index is 725. The van der Waals surface area contributed by atoms with Gasteiger partial charge in [-0.05, 0) is 18.1 Å². The van der Waals surface area contributed by atoms with Gasteiger partial charge in [0.15, 0.2) is 6.04 Å². The van der Waals surface area contributed by atoms with E-state index in [0.717, 1.165) is 0 Å². The monoisotopic (exact) mass is 314 g/mol. The van der Waals surface area contributed by atoms with Crippen molar-refractivity contribution < 1.29 is 14.7 Å². The molecule has 6 nitrogen and oxygen atoms in total. The van der Waals surface area contributed by atoms with Gasteiger partial charge in [-0.3, -0.25) is 9.59 Å². The zero-order valence-electron chi connectivity index (χ0n) is 12.5. The fourth-order valence-corrected chi connectivity index (χ4v) is 2.22. The summed E-state index contributed by atoms with van der Waals surface area (Å²) in [5.41, 5.74) is 0.397. The van der Waals surface area contributed by atoms with Crippen LogP contribution >= 0.6 is 0 Å². The number of amides is 1. The van der Waals surface area contributed by atoms with Gasteiger partial charge in [-0.2, -0.15) is 0 Å². The lowest BCUT2D eigenvalue weighted by Crippen LogP contribution is -2.33. The lowest BCUT2D eigenvalue weighted by atomic mass is 10.1. The Kier molecular flexibility index (Phi) is 5.68. The molecule has 2 aromatic rings. The number of carbonyl (C=O) groups is 2. The molecule has 120 valence electrons. The number of nitrogens with zero attached hydrogens (tertiary/aromatic N) is 1. The third-order valence-electron chi connectivity index (χ3n) is 3.39. The first-order chi connectivity index (χ1) is 11.1. The Balaban J connectivity index is 1.89. The minimum absolute atomic E-state index is 0.124. The molecule has 1 heterocycles. The molecule has 1 atom stereocenters. The molecule has 0 saturated heterocycles. The summed E-state index contributed by atoms with van der Waals surface area (Å²) in [6.07, 6.45) is 2.26. The van der Waals surface area contributed by atoms with Gasteiger partial charge in [0.2, 0.25) is 11.5 Å². The van der Waals surface area contributed by atoms with E-state index in [-0.39, 0.29) is 17.9 Å². The van der Waals surface area contributed by atoms with Crippen LogP contribution in [0.15, 0.2) is 59.5 Å². The highest BCUT2D eigenvalue weighted by atomic mass is 16.4. The molecule has 0 aliphatic rings. The predicted molar refractivity (Wildman–Crippen MR) is 84.9 cm³/mol. The first-order valence-electron chi connectivity index (χ1n) is 7.30. The van der Waals surface area contributed by atoms with Crippen LogP contribution in [0, 0.1) is 0 Å². The topological polar surface area (TPSA) is 88.4 Å². The van der Waals surface area contributed by atoms with Crippen LogP contribution in [-0.4, -0.2) is 21.6 Å². The molecule has 0 aliphatic carbocycles. The van der Waals surface area contributed by atoms with Crippen molar-refractivity contribution in [1.29, 1.82) is 0 Å². The molecule has 0 spiro atoms. The fourth-order valence-electron chi connectivity index (χ4n) is 2.22. The number of aromatic nitrogens is 1. The van der Waals surface area contributed by atoms with Gasteiger partial charge in [-0.25, -0.2) is 4.79 Å². The zero-order chi connectivity index (χ0) is 16.7. The van der Waals surface area contributed by atoms with Gasteiger partial charge in [0.25, 0.3) is 0 Å². The number of hydrogen-bond donors (Lipinski definition) is 2. The standard InChI is InChI=1S/C17H18N2O4/c20-14(9-6-12-19-11-5-4-10-15(19)21)18-16(17(22)23)13-7-2-1-3-8-13/h1-5,7-8,10-11,16H,6,9,12H2,(H,18,20)(H,22,23). The number of carboxylic acids is 1. The summed E-state index contributed by atoms with van der Waals surface area (Å²) in [6, 6.07) is 12.3. The van der Waals surface area contributed by atoms with Gasteiger partial charge in [-0.1, -0.05) is 36.4 Å². The summed E-state index contributed by atoms with van der Waals surface area (Å²) >= 11 is 0. The largest absolute Gasteiger partial charge is 0.479 e. The van der Waals surface area contributed by atoms with Crippen LogP contribution in [-0.2, 0) is 16.1 Å². The lowest BCUT2D eigenvalue weighted by Gasteiger charge is -2.15. The van der Waals surface area contributed by atoms with Crippen molar-refractivity contribution in [1.82, 2.24) is 9.88 Å². The molecular weight excluding hydrogens is 296 g/mol. The highest BCUT2D eigenvalue weighted by Crippen LogP contribution is 2.13. The van der Waals surface area contributed by atoms with Crippen LogP contribution in [0.25, 0.3) is 0 Å². The second kappa shape index (κ2) is 7.93. The lowest BCUT2D eigenvalue weighted by molar-refractivity contribution is -0.142. The second-order valence-corrected chi connectivity index (χ2v) is 5.09. The minimum atomic E-state index is -1.11. The summed E-state index contributed by atoms with van der Waals surface area (Å²) in [5.74, 6) is -1.46. The summed E-state index contributed by atoms with van der Waals surface area (Å²) in [5, 5.41) is 11.8. The third kappa shape index (κ3) is 4.81. The maximum absolute atomic E-state index is 11.9. The Labute approximate surface area is 133 Å². The quantitative estimate of drug-likeness (QED) is 0.812. The van der Waals surface area contributed by atoms with E-state index < -0.39 is 12.0 Å². The first-order valence-corrected chi connectivity index (χ1v) is 7.30. The summed E-state index contributed by atoms with van der Waals surface area (Å²) in [6.45, 7) is 0.413. The molecule has 2 N–H and O–H groups in total. The molecule has 1 aromatic heterocycles. The van der Waals surface area contributed by atoms with Gasteiger partial charge < -0.3 is 15.0 Å². The van der Waals surface area contributed by atoms with E-state index in [2.05, 4.69) is 5.32 Å². The van der Waals surface area contributed by atoms with E-state index in [9.17, 15) is 19.5 Å². The molecule has 1 aromatic carbocycles. The number of hydrogen-bond acceptors (Lipinski definition) is 3. The van der Waals surface area contributed by atoms with Crippen LogP contribution in [0.4, 0.5) is 0 Å². The van der Waals surface area contributed by atoms with E-state index in [0.29, 0.717) is 18.5 Å². The van der Waals surface area contributed by atoms with Crippen LogP contribution < -0.4 is 10.9 Å². The van der Waals surface area contributed by atoms with Crippen molar-refractivity contribution in [3.8, 4) is 0 Å². The zero-order valence-corrected chi connectivity index (χ0v) is 12.5. The number of rotatable bonds is 7. The number of benzene rings is 1. The summed E-state index contributed by atoms with van der Waals surface area (Å²) in [4.78, 5) is 34.8. The Morgan fingerprint density at radius 2 is 1.78 bits per heavy atom. The molecule has 6 heteroatoms. The minimum Gasteiger partial charge on any atom is -0.479 e. The van der Waals surface area contributed by atoms with Gasteiger partial charge in [0.05, 0.1) is 0 Å². The van der Waals surface area contributed by atoms with Gasteiger partial charge >= 0.3 is 5.97 Å². The molecule has 0 saturated carbocycles. The average Bonchev–Trinajstić information content (AvgIpc) is 2.55. The molecule has 23 heavy (non-hydrogen) atoms. The molecule has 1 unspecified atom stereocenters. The number of carbonyl (C=O) groups excluding carboxylic acids is 1. The first kappa shape index (κ1) is 16.5. The van der Waals surface area contributed by atoms with Gasteiger partial charge in [0.1, 0.15) is 0 Å². The van der Waals surface area contributed by atoms with Crippen molar-refractivity contribution in [3.63, 3.8) is 0 Å². The maximum atomic E-state index is 11.9. The molecule has 0 bridgehead atoms. The second-order valence-electron chi connectivity index (χ2n) is 5.09. The third-order valence-corrected chi connectivity index (χ3v) is 3.39. The Morgan fingerprint density at radius 1 is 1.09 bits per heavy atom. The number of pyridine rings is 1. The van der Waals surface area contributed by atoms with E-state index in [1.165, 1.54) is 10.6 Å². The highest BCUT2D eigenvalue weighted by Gasteiger charge is 2.21. The molecule has 0 fully saturated rings. The van der Waals surface area contributed by atoms with Crippen molar-refractivity contribution in [3.05, 3.63) is 70.6 Å². The van der Waals surface area contributed by atoms with E-state index in [1.54, 1.807) is 48.7 Å². The van der Waals surface area contributed by atoms with E-state index in [4.69, 9.17) is 0 Å². The number of aliphatic carboxylic acids is 1. The van der Waals surface area contributed by atoms with Crippen LogP contribution in [0.1, 0.15) is 24.4 Å². The van der Waals surface area contributed by atoms with E-state index in [1.807, 2.05) is 0 Å². The van der Waals surface area contributed by atoms with Crippen molar-refractivity contribution in [2.75, 3.05) is 0 Å². The van der Waals surface area contributed by atoms with Crippen molar-refractivity contribution >= 4 is 11.9 Å². The van der Waals surface area contributed by atoms with Gasteiger partial charge in [0, 0.05) is 25.2 Å². The molecular formula is C17H18N2O4. The summed E-state index contributed by atoms with van der Waals surface area (Å²) < 4.78 is 1.51. The van der Waals surface area contributed by atoms with Crippen molar-refractivity contribution in [2.24, 2.45) is 0 Å². The van der Waals surface area contributed by atoms with Crippen LogP contribution in [0.3, 0.4) is 0 Å². The average molecular weight is 314 g/mol. The normalized spacial score (nSPS) is 11.7. The number of carboxylic acid groups (broad SMARTS) is 1. The van der Waals surface area contributed by atoms with E-state index >= 15 is 0 Å². The predicted octanol–water partition coefficient (Wildman–Crippen LogP) is 1.57. The van der Waals surface area contributed by atoms with Crippen LogP contribution in [0.5, 0.6) is 0 Å². The SMILES string of the molecule is O=C(CCCn1ccccc1=O)NC(C(=O)O)c1ccccc1. The highest BCUT2D eigenvalue weighted by molar-refractivity contribution is 5.84.